The van der Waals surface area contributed by atoms with E-state index in [-0.39, 0.29) is 11.0 Å². The summed E-state index contributed by atoms with van der Waals surface area (Å²) < 4.78 is 0. The molecule has 0 bridgehead atoms. The number of aromatic nitrogens is 1. The number of aliphatic carboxylic acids is 1. The summed E-state index contributed by atoms with van der Waals surface area (Å²) in [5.41, 5.74) is 5.69. The zero-order chi connectivity index (χ0) is 27.8. The average molecular weight is 558 g/mol. The summed E-state index contributed by atoms with van der Waals surface area (Å²) in [4.78, 5) is 28.7. The van der Waals surface area contributed by atoms with Gasteiger partial charge in [-0.1, -0.05) is 92.2 Å². The highest BCUT2D eigenvalue weighted by Gasteiger charge is 2.19. The summed E-state index contributed by atoms with van der Waals surface area (Å²) in [5.74, 6) is -0.576. The number of ketones is 1. The fraction of sp³-hybridized carbons (Fsp3) is 0.242. The lowest BCUT2D eigenvalue weighted by Crippen LogP contribution is -2.13. The van der Waals surface area contributed by atoms with Crippen molar-refractivity contribution in [2.45, 2.75) is 38.4 Å². The Morgan fingerprint density at radius 3 is 2.59 bits per heavy atom. The quantitative estimate of drug-likeness (QED) is 0.176. The Hall–Kier alpha value is -3.41. The number of fused-ring (bicyclic) bond motifs is 1. The third kappa shape index (κ3) is 7.81. The van der Waals surface area contributed by atoms with Crippen molar-refractivity contribution < 1.29 is 14.7 Å². The number of rotatable bonds is 12. The van der Waals surface area contributed by atoms with Crippen LogP contribution < -0.4 is 0 Å². The molecule has 0 amide bonds. The molecule has 0 spiro atoms. The van der Waals surface area contributed by atoms with Gasteiger partial charge in [-0.15, -0.1) is 0 Å². The predicted octanol–water partition coefficient (Wildman–Crippen LogP) is 8.78. The van der Waals surface area contributed by atoms with Crippen LogP contribution in [0.5, 0.6) is 0 Å². The number of carboxylic acids is 1. The van der Waals surface area contributed by atoms with Crippen LogP contribution in [-0.4, -0.2) is 27.6 Å². The lowest BCUT2D eigenvalue weighted by atomic mass is 9.96. The van der Waals surface area contributed by atoms with E-state index >= 15 is 0 Å². The monoisotopic (exact) mass is 557 g/mol. The maximum atomic E-state index is 12.5. The second-order valence-electron chi connectivity index (χ2n) is 9.61. The van der Waals surface area contributed by atoms with E-state index < -0.39 is 11.9 Å². The Kier molecular flexibility index (Phi) is 9.96. The Balaban J connectivity index is 1.56. The van der Waals surface area contributed by atoms with Gasteiger partial charge in [0.25, 0.3) is 0 Å². The van der Waals surface area contributed by atoms with Crippen molar-refractivity contribution in [2.75, 3.05) is 5.75 Å². The van der Waals surface area contributed by atoms with Gasteiger partial charge in [0.05, 0.1) is 17.1 Å². The number of benzene rings is 3. The highest BCUT2D eigenvalue weighted by Crippen LogP contribution is 2.36. The molecule has 0 unspecified atom stereocenters. The summed E-state index contributed by atoms with van der Waals surface area (Å²) in [5, 5.41) is 11.2. The summed E-state index contributed by atoms with van der Waals surface area (Å²) >= 11 is 7.80. The highest BCUT2D eigenvalue weighted by atomic mass is 35.5. The van der Waals surface area contributed by atoms with Gasteiger partial charge >= 0.3 is 5.97 Å². The molecule has 1 aromatic heterocycles. The summed E-state index contributed by atoms with van der Waals surface area (Å²) in [6.07, 6.45) is 6.04. The lowest BCUT2D eigenvalue weighted by molar-refractivity contribution is -0.140. The number of Topliss-reactive ketones (excluding diaryl/α,β-unsaturated/α-hetero) is 1. The smallest absolute Gasteiger partial charge is 0.307 e. The minimum atomic E-state index is -0.791. The minimum absolute atomic E-state index is 0.0888. The molecule has 3 aromatic carbocycles. The topological polar surface area (TPSA) is 67.3 Å². The van der Waals surface area contributed by atoms with Crippen molar-refractivity contribution in [2.24, 2.45) is 5.92 Å². The van der Waals surface area contributed by atoms with Gasteiger partial charge < -0.3 is 5.11 Å². The first kappa shape index (κ1) is 28.6. The van der Waals surface area contributed by atoms with Gasteiger partial charge in [0.2, 0.25) is 0 Å². The molecule has 4 rings (SSSR count). The van der Waals surface area contributed by atoms with E-state index in [1.165, 1.54) is 0 Å². The van der Waals surface area contributed by atoms with Crippen molar-refractivity contribution in [1.82, 2.24) is 4.98 Å². The number of carboxylic acid groups (broad SMARTS) is 1. The normalized spacial score (nSPS) is 13.0. The molecule has 200 valence electrons. The largest absolute Gasteiger partial charge is 0.481 e. The first-order chi connectivity index (χ1) is 18.8. The standard InChI is InChI=1S/C33H32ClNO3S/c1-3-31(36)29-10-5-4-8-24(29)14-18-32(39-21-22(2)33(37)38)26-9-6-7-23(19-26)11-16-28-17-13-25-12-15-27(34)20-30(25)35-28/h4-13,15-17,19-20,22,32H,3,14,18,21H2,1-2H3,(H,37,38)/b16-11+/t22-,32+/m1/s1. The van der Waals surface area contributed by atoms with Gasteiger partial charge in [0.1, 0.15) is 0 Å². The number of thioether (sulfide) groups is 1. The molecular formula is C33H32ClNO3S. The van der Waals surface area contributed by atoms with Gasteiger partial charge in [0, 0.05) is 33.4 Å². The Labute approximate surface area is 239 Å². The van der Waals surface area contributed by atoms with Crippen LogP contribution in [0.4, 0.5) is 0 Å². The fourth-order valence-corrected chi connectivity index (χ4v) is 5.86. The van der Waals surface area contributed by atoms with Crippen LogP contribution >= 0.6 is 23.4 Å². The number of pyridine rings is 1. The Bertz CT molecular complexity index is 1500. The van der Waals surface area contributed by atoms with Crippen LogP contribution in [0.3, 0.4) is 0 Å². The maximum Gasteiger partial charge on any atom is 0.307 e. The van der Waals surface area contributed by atoms with E-state index in [1.54, 1.807) is 18.7 Å². The molecule has 0 aliphatic carbocycles. The van der Waals surface area contributed by atoms with Crippen molar-refractivity contribution in [1.29, 1.82) is 0 Å². The van der Waals surface area contributed by atoms with Gasteiger partial charge in [-0.2, -0.15) is 11.8 Å². The second-order valence-corrected chi connectivity index (χ2v) is 11.3. The van der Waals surface area contributed by atoms with E-state index in [0.29, 0.717) is 17.2 Å². The number of hydrogen-bond donors (Lipinski definition) is 1. The third-order valence-corrected chi connectivity index (χ3v) is 8.53. The fourth-order valence-electron chi connectivity index (χ4n) is 4.41. The molecule has 39 heavy (non-hydrogen) atoms. The van der Waals surface area contributed by atoms with E-state index in [9.17, 15) is 14.7 Å². The molecule has 0 aliphatic rings. The van der Waals surface area contributed by atoms with Gasteiger partial charge in [-0.25, -0.2) is 4.98 Å². The molecule has 4 aromatic rings. The van der Waals surface area contributed by atoms with Crippen molar-refractivity contribution in [3.8, 4) is 0 Å². The molecule has 4 nitrogen and oxygen atoms in total. The van der Waals surface area contributed by atoms with Gasteiger partial charge in [-0.05, 0) is 53.8 Å². The number of aryl methyl sites for hydroxylation is 1. The van der Waals surface area contributed by atoms with Crippen LogP contribution in [0.15, 0.2) is 78.9 Å². The molecule has 1 heterocycles. The van der Waals surface area contributed by atoms with E-state index in [4.69, 9.17) is 16.6 Å². The minimum Gasteiger partial charge on any atom is -0.481 e. The first-order valence-electron chi connectivity index (χ1n) is 13.1. The number of carbonyl (C=O) groups is 2. The van der Waals surface area contributed by atoms with E-state index in [0.717, 1.165) is 51.7 Å². The highest BCUT2D eigenvalue weighted by molar-refractivity contribution is 7.99. The molecular weight excluding hydrogens is 526 g/mol. The lowest BCUT2D eigenvalue weighted by Gasteiger charge is -2.20. The Morgan fingerprint density at radius 2 is 1.79 bits per heavy atom. The molecule has 0 saturated heterocycles. The van der Waals surface area contributed by atoms with Crippen LogP contribution in [0.1, 0.15) is 64.7 Å². The van der Waals surface area contributed by atoms with Gasteiger partial charge in [-0.3, -0.25) is 9.59 Å². The van der Waals surface area contributed by atoms with Crippen molar-refractivity contribution >= 4 is 58.2 Å². The van der Waals surface area contributed by atoms with Crippen LogP contribution in [0.2, 0.25) is 5.02 Å². The van der Waals surface area contributed by atoms with Crippen LogP contribution in [0, 0.1) is 5.92 Å². The predicted molar refractivity (Wildman–Crippen MR) is 164 cm³/mol. The summed E-state index contributed by atoms with van der Waals surface area (Å²) in [6.45, 7) is 3.62. The van der Waals surface area contributed by atoms with Crippen molar-refractivity contribution in [3.05, 3.63) is 112 Å². The number of hydrogen-bond acceptors (Lipinski definition) is 4. The zero-order valence-electron chi connectivity index (χ0n) is 22.1. The SMILES string of the molecule is CCC(=O)c1ccccc1CC[C@H](SC[C@@H](C)C(=O)O)c1cccc(/C=C/c2ccc3ccc(Cl)cc3n2)c1. The third-order valence-electron chi connectivity index (χ3n) is 6.69. The second kappa shape index (κ2) is 13.6. The molecule has 1 N–H and O–H groups in total. The summed E-state index contributed by atoms with van der Waals surface area (Å²) in [7, 11) is 0. The first-order valence-corrected chi connectivity index (χ1v) is 14.6. The number of halogens is 1. The van der Waals surface area contributed by atoms with Crippen LogP contribution in [-0.2, 0) is 11.2 Å². The van der Waals surface area contributed by atoms with E-state index in [2.05, 4.69) is 18.2 Å². The number of carbonyl (C=O) groups excluding carboxylic acids is 1. The molecule has 0 aliphatic heterocycles. The zero-order valence-corrected chi connectivity index (χ0v) is 23.7. The van der Waals surface area contributed by atoms with Crippen molar-refractivity contribution in [3.63, 3.8) is 0 Å². The molecule has 0 radical (unpaired) electrons. The molecule has 0 fully saturated rings. The van der Waals surface area contributed by atoms with E-state index in [1.807, 2.05) is 79.7 Å². The van der Waals surface area contributed by atoms with Gasteiger partial charge in [0.15, 0.2) is 5.78 Å². The summed E-state index contributed by atoms with van der Waals surface area (Å²) in [6, 6.07) is 25.8. The molecule has 2 atom stereocenters. The van der Waals surface area contributed by atoms with Crippen LogP contribution in [0.25, 0.3) is 23.1 Å². The Morgan fingerprint density at radius 1 is 1.00 bits per heavy atom. The molecule has 0 saturated carbocycles. The molecule has 6 heteroatoms. The maximum absolute atomic E-state index is 12.5. The average Bonchev–Trinajstić information content (AvgIpc) is 2.95. The number of nitrogens with zero attached hydrogens (tertiary/aromatic N) is 1.